The van der Waals surface area contributed by atoms with Gasteiger partial charge in [-0.1, -0.05) is 39.3 Å². The van der Waals surface area contributed by atoms with Gasteiger partial charge in [0.15, 0.2) is 0 Å². The van der Waals surface area contributed by atoms with Crippen molar-refractivity contribution in [1.29, 1.82) is 0 Å². The van der Waals surface area contributed by atoms with Crippen molar-refractivity contribution in [2.45, 2.75) is 70.0 Å². The quantitative estimate of drug-likeness (QED) is 0.228. The minimum absolute atomic E-state index is 0.937. The van der Waals surface area contributed by atoms with Gasteiger partial charge in [0.05, 0.1) is 0 Å². The summed E-state index contributed by atoms with van der Waals surface area (Å²) in [4.78, 5) is 0. The van der Waals surface area contributed by atoms with Crippen molar-refractivity contribution in [3.63, 3.8) is 0 Å². The zero-order valence-corrected chi connectivity index (χ0v) is 25.0. The Morgan fingerprint density at radius 2 is 0.773 bits per heavy atom. The number of hydrogen-bond donors (Lipinski definition) is 0. The first-order chi connectivity index (χ1) is 8.82. The van der Waals surface area contributed by atoms with E-state index in [1.807, 2.05) is 0 Å². The van der Waals surface area contributed by atoms with Crippen LogP contribution in [-0.2, 0) is 0 Å². The molecule has 0 bridgehead atoms. The fourth-order valence-corrected chi connectivity index (χ4v) is 18.3. The Morgan fingerprint density at radius 1 is 0.591 bits per heavy atom. The summed E-state index contributed by atoms with van der Waals surface area (Å²) in [6.07, 6.45) is 0. The van der Waals surface area contributed by atoms with Gasteiger partial charge in [-0.2, -0.15) is 0 Å². The van der Waals surface area contributed by atoms with E-state index in [1.54, 1.807) is 0 Å². The van der Waals surface area contributed by atoms with Crippen LogP contribution in [0.3, 0.4) is 0 Å². The summed E-state index contributed by atoms with van der Waals surface area (Å²) in [5, 5.41) is 0. The van der Waals surface area contributed by atoms with Crippen LogP contribution in [0.1, 0.15) is 0 Å². The second-order valence-corrected chi connectivity index (χ2v) is 82.0. The van der Waals surface area contributed by atoms with Crippen LogP contribution in [0.5, 0.6) is 0 Å². The van der Waals surface area contributed by atoms with Crippen LogP contribution in [0.4, 0.5) is 0 Å². The Bertz CT molecular complexity index is 352. The van der Waals surface area contributed by atoms with Crippen molar-refractivity contribution >= 4 is 86.3 Å². The molecule has 0 N–H and O–H groups in total. The molecule has 1 aliphatic carbocycles. The minimum atomic E-state index is -5.42. The Morgan fingerprint density at radius 3 is 0.818 bits per heavy atom. The first kappa shape index (κ1) is 25.1. The molecule has 10 heteroatoms. The van der Waals surface area contributed by atoms with Crippen LogP contribution in [0.25, 0.3) is 0 Å². The first-order valence-electron chi connectivity index (χ1n) is 7.25. The molecule has 0 aliphatic heterocycles. The third-order valence-corrected chi connectivity index (χ3v) is 11.9. The third-order valence-electron chi connectivity index (χ3n) is 3.63. The number of hydrogen-bond acceptors (Lipinski definition) is 0. The third kappa shape index (κ3) is 11.6. The molecule has 0 heterocycles. The summed E-state index contributed by atoms with van der Waals surface area (Å²) in [5.41, 5.74) is 4.22. The molecular weight excluding hydrogens is 563 g/mol. The van der Waals surface area contributed by atoms with Crippen LogP contribution in [0.15, 0.2) is 0 Å². The molecule has 0 radical (unpaired) electrons. The zero-order chi connectivity index (χ0) is 18.6. The van der Waals surface area contributed by atoms with Gasteiger partial charge in [0.1, 0.15) is 27.2 Å². The van der Waals surface area contributed by atoms with Crippen LogP contribution in [0, 0.1) is 5.54 Å². The zero-order valence-electron chi connectivity index (χ0n) is 14.9. The predicted octanol–water partition coefficient (Wildman–Crippen LogP) is 8.62. The molecule has 1 fully saturated rings. The van der Waals surface area contributed by atoms with E-state index in [0.29, 0.717) is 0 Å². The molecule has 0 aromatic carbocycles. The fourth-order valence-electron chi connectivity index (χ4n) is 3.13. The van der Waals surface area contributed by atoms with Crippen molar-refractivity contribution in [1.82, 2.24) is 0 Å². The van der Waals surface area contributed by atoms with E-state index in [2.05, 4.69) is 64.5 Å². The molecule has 0 spiro atoms. The second kappa shape index (κ2) is 6.31. The monoisotopic (exact) mass is 588 g/mol. The van der Waals surface area contributed by atoms with Gasteiger partial charge in [0, 0.05) is 5.54 Å². The molecule has 1 aliphatic rings. The molecule has 0 nitrogen and oxygen atoms in total. The van der Waals surface area contributed by atoms with Crippen LogP contribution in [0.2, 0.25) is 70.0 Å². The standard InChI is InChI=1S/C12H29Si3.6ClH.Sb/c1-13(2,3)10-11(14(4,5)6)12(10)15(7,8)9;;;;;;;/h10-11H,1-9H3;6*1H;/q+1;;;;;;;+5/p-6. The summed E-state index contributed by atoms with van der Waals surface area (Å²) in [5.74, 6) is 0. The fraction of sp³-hybridized carbons (Fsp3) is 0.917. The molecular formula is C12H29Cl6SbSi3. The Balaban J connectivity index is 0.000000534. The van der Waals surface area contributed by atoms with Crippen LogP contribution < -0.4 is 0 Å². The van der Waals surface area contributed by atoms with Gasteiger partial charge < -0.3 is 0 Å². The van der Waals surface area contributed by atoms with E-state index in [0.717, 1.165) is 11.1 Å². The van der Waals surface area contributed by atoms with Crippen LogP contribution in [-0.4, -0.2) is 33.4 Å². The van der Waals surface area contributed by atoms with Gasteiger partial charge in [-0.3, -0.25) is 0 Å². The normalized spacial score (nSPS) is 26.6. The molecule has 0 aromatic rings. The number of halogens is 6. The van der Waals surface area contributed by atoms with Crippen molar-refractivity contribution in [2.24, 2.45) is 0 Å². The maximum absolute atomic E-state index is 5.42. The first-order valence-corrected chi connectivity index (χ1v) is 37.3. The second-order valence-electron chi connectivity index (χ2n) is 9.35. The van der Waals surface area contributed by atoms with Crippen molar-refractivity contribution in [3.8, 4) is 0 Å². The molecule has 0 saturated heterocycles. The van der Waals surface area contributed by atoms with E-state index >= 15 is 0 Å². The summed E-state index contributed by atoms with van der Waals surface area (Å²) in [7, 11) is 22.1. The van der Waals surface area contributed by atoms with Crippen molar-refractivity contribution in [2.75, 3.05) is 0 Å². The summed E-state index contributed by atoms with van der Waals surface area (Å²) >= 11 is 0. The molecule has 1 rings (SSSR count). The van der Waals surface area contributed by atoms with Gasteiger partial charge in [-0.25, -0.2) is 0 Å². The molecule has 1 saturated carbocycles. The molecule has 136 valence electrons. The van der Waals surface area contributed by atoms with Gasteiger partial charge in [-0.15, -0.1) is 0 Å². The number of rotatable bonds is 3. The van der Waals surface area contributed by atoms with Crippen molar-refractivity contribution in [3.05, 3.63) is 5.54 Å². The Kier molecular flexibility index (Phi) is 7.19. The molecule has 2 unspecified atom stereocenters. The van der Waals surface area contributed by atoms with Crippen molar-refractivity contribution < 1.29 is 0 Å². The molecule has 2 atom stereocenters. The molecule has 22 heavy (non-hydrogen) atoms. The maximum atomic E-state index is 5.06. The van der Waals surface area contributed by atoms with Gasteiger partial charge in [0.25, 0.3) is 8.07 Å². The Labute approximate surface area is 160 Å². The molecule has 0 amide bonds. The SMILES string of the molecule is C[Si](C)(C)[C+]1C([Si](C)(C)C)C1[Si](C)(C)C.[Cl][Sb-]([Cl])([Cl])([Cl])([Cl])[Cl]. The van der Waals surface area contributed by atoms with Gasteiger partial charge >= 0.3 is 62.1 Å². The predicted molar refractivity (Wildman–Crippen MR) is 122 cm³/mol. The Hall–Kier alpha value is 3.08. The molecule has 0 aromatic heterocycles. The van der Waals surface area contributed by atoms with E-state index in [9.17, 15) is 0 Å². The average molecular weight is 592 g/mol. The van der Waals surface area contributed by atoms with E-state index in [4.69, 9.17) is 53.0 Å². The van der Waals surface area contributed by atoms with Gasteiger partial charge in [0.2, 0.25) is 0 Å². The van der Waals surface area contributed by atoms with Crippen LogP contribution >= 0.6 is 53.0 Å². The van der Waals surface area contributed by atoms with Gasteiger partial charge in [-0.05, 0) is 19.6 Å². The van der Waals surface area contributed by atoms with E-state index in [-0.39, 0.29) is 0 Å². The topological polar surface area (TPSA) is 0 Å². The average Bonchev–Trinajstić information content (AvgIpc) is 2.63. The summed E-state index contributed by atoms with van der Waals surface area (Å²) in [6, 6.07) is 0. The van der Waals surface area contributed by atoms with E-state index < -0.39 is 33.4 Å². The van der Waals surface area contributed by atoms with E-state index in [1.165, 1.54) is 0 Å². The summed E-state index contributed by atoms with van der Waals surface area (Å²) in [6.45, 7) is 23.1. The summed E-state index contributed by atoms with van der Waals surface area (Å²) < 4.78 is 0.